The molecule has 0 aliphatic heterocycles. The first kappa shape index (κ1) is 23.5. The lowest BCUT2D eigenvalue weighted by atomic mass is 10.1. The van der Waals surface area contributed by atoms with E-state index in [0.717, 1.165) is 16.7 Å². The van der Waals surface area contributed by atoms with Crippen LogP contribution in [0.5, 0.6) is 5.75 Å². The molecule has 0 saturated carbocycles. The molecule has 3 aromatic rings. The number of aryl methyl sites for hydroxylation is 2. The van der Waals surface area contributed by atoms with E-state index in [1.165, 1.54) is 19.2 Å². The van der Waals surface area contributed by atoms with Gasteiger partial charge in [0.25, 0.3) is 0 Å². The van der Waals surface area contributed by atoms with Crippen molar-refractivity contribution in [3.05, 3.63) is 95.1 Å². The summed E-state index contributed by atoms with van der Waals surface area (Å²) in [4.78, 5) is 13.1. The quantitative estimate of drug-likeness (QED) is 0.520. The first-order valence-corrected chi connectivity index (χ1v) is 11.8. The van der Waals surface area contributed by atoms with Crippen molar-refractivity contribution in [2.45, 2.75) is 37.8 Å². The van der Waals surface area contributed by atoms with Crippen molar-refractivity contribution >= 4 is 15.9 Å². The highest BCUT2D eigenvalue weighted by atomic mass is 32.2. The minimum absolute atomic E-state index is 0.0835. The third-order valence-electron chi connectivity index (χ3n) is 5.16. The largest absolute Gasteiger partial charge is 0.496 e. The molecular formula is C25H28N2O4S. The molecule has 32 heavy (non-hydrogen) atoms. The number of methoxy groups -OCH3 is 1. The van der Waals surface area contributed by atoms with E-state index < -0.39 is 16.1 Å². The summed E-state index contributed by atoms with van der Waals surface area (Å²) in [6, 6.07) is 20.8. The molecule has 2 N–H and O–H groups in total. The maximum atomic E-state index is 13.1. The lowest BCUT2D eigenvalue weighted by Gasteiger charge is -2.19. The van der Waals surface area contributed by atoms with E-state index in [9.17, 15) is 13.2 Å². The zero-order valence-corrected chi connectivity index (χ0v) is 19.3. The Kier molecular flexibility index (Phi) is 7.66. The van der Waals surface area contributed by atoms with E-state index in [0.29, 0.717) is 17.9 Å². The second kappa shape index (κ2) is 10.4. The van der Waals surface area contributed by atoms with Crippen molar-refractivity contribution < 1.29 is 17.9 Å². The van der Waals surface area contributed by atoms with Gasteiger partial charge in [-0.1, -0.05) is 60.2 Å². The van der Waals surface area contributed by atoms with Crippen LogP contribution in [0.25, 0.3) is 0 Å². The summed E-state index contributed by atoms with van der Waals surface area (Å²) >= 11 is 0. The number of sulfonamides is 1. The van der Waals surface area contributed by atoms with Crippen LogP contribution in [0.1, 0.15) is 22.3 Å². The number of benzene rings is 3. The summed E-state index contributed by atoms with van der Waals surface area (Å²) < 4.78 is 33.9. The minimum atomic E-state index is -3.93. The van der Waals surface area contributed by atoms with Crippen LogP contribution in [-0.4, -0.2) is 27.5 Å². The fourth-order valence-corrected chi connectivity index (χ4v) is 4.61. The van der Waals surface area contributed by atoms with Gasteiger partial charge in [0, 0.05) is 6.54 Å². The maximum Gasteiger partial charge on any atom is 0.241 e. The van der Waals surface area contributed by atoms with Gasteiger partial charge in [-0.05, 0) is 55.2 Å². The van der Waals surface area contributed by atoms with Gasteiger partial charge in [0.05, 0.1) is 12.0 Å². The lowest BCUT2D eigenvalue weighted by molar-refractivity contribution is -0.122. The predicted octanol–water partition coefficient (Wildman–Crippen LogP) is 3.52. The number of carbonyl (C=O) groups is 1. The second-order valence-corrected chi connectivity index (χ2v) is 9.41. The van der Waals surface area contributed by atoms with Crippen molar-refractivity contribution in [1.29, 1.82) is 0 Å². The van der Waals surface area contributed by atoms with Gasteiger partial charge in [-0.15, -0.1) is 0 Å². The molecule has 1 amide bonds. The van der Waals surface area contributed by atoms with Gasteiger partial charge in [0.15, 0.2) is 0 Å². The molecule has 0 fully saturated rings. The molecular weight excluding hydrogens is 424 g/mol. The Morgan fingerprint density at radius 3 is 2.25 bits per heavy atom. The zero-order valence-electron chi connectivity index (χ0n) is 18.5. The Balaban J connectivity index is 1.80. The third kappa shape index (κ3) is 6.18. The van der Waals surface area contributed by atoms with Crippen LogP contribution >= 0.6 is 0 Å². The first-order valence-electron chi connectivity index (χ1n) is 10.3. The van der Waals surface area contributed by atoms with Crippen molar-refractivity contribution in [2.75, 3.05) is 7.11 Å². The lowest BCUT2D eigenvalue weighted by Crippen LogP contribution is -2.47. The highest BCUT2D eigenvalue weighted by Crippen LogP contribution is 2.21. The van der Waals surface area contributed by atoms with Gasteiger partial charge >= 0.3 is 0 Å². The Morgan fingerprint density at radius 1 is 0.938 bits per heavy atom. The summed E-state index contributed by atoms with van der Waals surface area (Å²) in [5.41, 5.74) is 3.62. The molecule has 0 aromatic heterocycles. The summed E-state index contributed by atoms with van der Waals surface area (Å²) in [5, 5.41) is 2.86. The Labute approximate surface area is 189 Å². The fourth-order valence-electron chi connectivity index (χ4n) is 3.33. The molecule has 0 saturated heterocycles. The van der Waals surface area contributed by atoms with Crippen molar-refractivity contribution in [1.82, 2.24) is 10.0 Å². The number of nitrogens with one attached hydrogen (secondary N) is 2. The Bertz CT molecular complexity index is 1160. The molecule has 6 nitrogen and oxygen atoms in total. The van der Waals surface area contributed by atoms with Gasteiger partial charge < -0.3 is 10.1 Å². The smallest absolute Gasteiger partial charge is 0.241 e. The summed E-state index contributed by atoms with van der Waals surface area (Å²) in [6.07, 6.45) is 0.231. The molecule has 0 spiro atoms. The van der Waals surface area contributed by atoms with Gasteiger partial charge in [-0.25, -0.2) is 8.42 Å². The van der Waals surface area contributed by atoms with E-state index in [2.05, 4.69) is 10.0 Å². The van der Waals surface area contributed by atoms with E-state index in [4.69, 9.17) is 4.74 Å². The molecule has 0 aliphatic carbocycles. The number of ether oxygens (including phenoxy) is 1. The molecule has 3 aromatic carbocycles. The van der Waals surface area contributed by atoms with Crippen LogP contribution in [0.2, 0.25) is 0 Å². The normalized spacial score (nSPS) is 12.2. The molecule has 7 heteroatoms. The molecule has 168 valence electrons. The highest BCUT2D eigenvalue weighted by molar-refractivity contribution is 7.89. The van der Waals surface area contributed by atoms with E-state index in [1.54, 1.807) is 13.0 Å². The summed E-state index contributed by atoms with van der Waals surface area (Å²) in [5.74, 6) is 0.212. The van der Waals surface area contributed by atoms with E-state index in [1.807, 2.05) is 61.5 Å². The molecule has 0 aliphatic rings. The van der Waals surface area contributed by atoms with Crippen LogP contribution in [0.4, 0.5) is 0 Å². The van der Waals surface area contributed by atoms with Crippen LogP contribution in [0.15, 0.2) is 77.7 Å². The zero-order chi connectivity index (χ0) is 23.1. The third-order valence-corrected chi connectivity index (χ3v) is 6.63. The minimum Gasteiger partial charge on any atom is -0.496 e. The van der Waals surface area contributed by atoms with Crippen molar-refractivity contribution in [2.24, 2.45) is 0 Å². The molecule has 0 unspecified atom stereocenters. The monoisotopic (exact) mass is 452 g/mol. The molecule has 3 rings (SSSR count). The number of hydrogen-bond acceptors (Lipinski definition) is 4. The predicted molar refractivity (Wildman–Crippen MR) is 125 cm³/mol. The molecule has 1 atom stereocenters. The van der Waals surface area contributed by atoms with E-state index in [-0.39, 0.29) is 17.2 Å². The maximum absolute atomic E-state index is 13.1. The van der Waals surface area contributed by atoms with Crippen LogP contribution in [0, 0.1) is 13.8 Å². The number of amides is 1. The Morgan fingerprint density at radius 2 is 1.62 bits per heavy atom. The average molecular weight is 453 g/mol. The number of rotatable bonds is 9. The topological polar surface area (TPSA) is 84.5 Å². The van der Waals surface area contributed by atoms with Gasteiger partial charge in [-0.2, -0.15) is 4.72 Å². The van der Waals surface area contributed by atoms with E-state index >= 15 is 0 Å². The van der Waals surface area contributed by atoms with Crippen LogP contribution < -0.4 is 14.8 Å². The van der Waals surface area contributed by atoms with Crippen molar-refractivity contribution in [3.63, 3.8) is 0 Å². The standard InChI is InChI=1S/C25H28N2O4S/c1-18-9-11-21(12-10-18)17-26-25(28)23(16-20-7-5-4-6-8-20)27-32(29,30)22-13-14-24(31-3)19(2)15-22/h4-15,23,27H,16-17H2,1-3H3,(H,26,28)/t23-/m0/s1. The molecule has 0 bridgehead atoms. The SMILES string of the molecule is COc1ccc(S(=O)(=O)N[C@@H](Cc2ccccc2)C(=O)NCc2ccc(C)cc2)cc1C. The average Bonchev–Trinajstić information content (AvgIpc) is 2.78. The number of carbonyl (C=O) groups excluding carboxylic acids is 1. The van der Waals surface area contributed by atoms with Crippen molar-refractivity contribution in [3.8, 4) is 5.75 Å². The molecule has 0 heterocycles. The van der Waals surface area contributed by atoms with Gasteiger partial charge in [0.1, 0.15) is 11.8 Å². The van der Waals surface area contributed by atoms with Gasteiger partial charge in [0.2, 0.25) is 15.9 Å². The molecule has 0 radical (unpaired) electrons. The Hall–Kier alpha value is -3.16. The highest BCUT2D eigenvalue weighted by Gasteiger charge is 2.26. The van der Waals surface area contributed by atoms with Crippen LogP contribution in [-0.2, 0) is 27.8 Å². The fraction of sp³-hybridized carbons (Fsp3) is 0.240. The first-order chi connectivity index (χ1) is 15.3. The van der Waals surface area contributed by atoms with Crippen LogP contribution in [0.3, 0.4) is 0 Å². The summed E-state index contributed by atoms with van der Waals surface area (Å²) in [6.45, 7) is 4.08. The second-order valence-electron chi connectivity index (χ2n) is 7.70. The summed E-state index contributed by atoms with van der Waals surface area (Å²) in [7, 11) is -2.40. The number of hydrogen-bond donors (Lipinski definition) is 2. The van der Waals surface area contributed by atoms with Gasteiger partial charge in [-0.3, -0.25) is 4.79 Å².